The van der Waals surface area contributed by atoms with E-state index < -0.39 is 22.5 Å². The molecule has 0 radical (unpaired) electrons. The Bertz CT molecular complexity index is 1190. The molecule has 3 aromatic rings. The molecule has 2 atom stereocenters. The molecule has 5 nitrogen and oxygen atoms in total. The number of hydrogen-bond donors (Lipinski definition) is 0. The van der Waals surface area contributed by atoms with Crippen LogP contribution in [0.25, 0.3) is 11.0 Å². The first-order valence-corrected chi connectivity index (χ1v) is 10.4. The lowest BCUT2D eigenvalue weighted by Gasteiger charge is -2.21. The molecule has 3 heterocycles. The highest BCUT2D eigenvalue weighted by molar-refractivity contribution is 7.91. The van der Waals surface area contributed by atoms with E-state index in [-0.39, 0.29) is 27.9 Å². The topological polar surface area (TPSA) is 61.2 Å². The number of hydrogen-bond acceptors (Lipinski definition) is 4. The van der Waals surface area contributed by atoms with Crippen LogP contribution in [-0.2, 0) is 9.84 Å². The van der Waals surface area contributed by atoms with Crippen molar-refractivity contribution < 1.29 is 21.9 Å². The van der Waals surface area contributed by atoms with Crippen molar-refractivity contribution in [3.63, 3.8) is 0 Å². The lowest BCUT2D eigenvalue weighted by atomic mass is 9.99. The molecular formula is C18H13ClF2N2O3S. The van der Waals surface area contributed by atoms with Gasteiger partial charge in [-0.3, -0.25) is 0 Å². The summed E-state index contributed by atoms with van der Waals surface area (Å²) >= 11 is 6.14. The standard InChI is InChI=1S/C18H13ClF2N2O3S/c19-10-4-5-11-12(7-10)23-13-6-9(17(23)22-11)8-27(24,25)15-3-1-2-14(16(13)15)26-18(20)21/h1-5,7,9,13,18H,6,8H2/t9-,13+/m0/s1. The van der Waals surface area contributed by atoms with Crippen molar-refractivity contribution in [3.8, 4) is 5.75 Å². The fourth-order valence-electron chi connectivity index (χ4n) is 4.25. The molecule has 140 valence electrons. The van der Waals surface area contributed by atoms with Crippen LogP contribution < -0.4 is 4.74 Å². The Labute approximate surface area is 158 Å². The first-order chi connectivity index (χ1) is 12.8. The second kappa shape index (κ2) is 5.65. The van der Waals surface area contributed by atoms with Gasteiger partial charge in [-0.25, -0.2) is 13.4 Å². The van der Waals surface area contributed by atoms with Gasteiger partial charge in [0.2, 0.25) is 0 Å². The third-order valence-corrected chi connectivity index (χ3v) is 7.30. The lowest BCUT2D eigenvalue weighted by Crippen LogP contribution is -2.18. The SMILES string of the molecule is O=S1(=O)C[C@@H]2C[C@H](c3c(OC(F)F)cccc31)n1c2nc2ccc(Cl)cc21. The number of nitrogens with zero attached hydrogens (tertiary/aromatic N) is 2. The van der Waals surface area contributed by atoms with Crippen molar-refractivity contribution in [2.45, 2.75) is 29.9 Å². The number of rotatable bonds is 2. The maximum atomic E-state index is 13.0. The summed E-state index contributed by atoms with van der Waals surface area (Å²) in [5, 5.41) is 0.523. The summed E-state index contributed by atoms with van der Waals surface area (Å²) in [5.74, 6) is 0.0795. The van der Waals surface area contributed by atoms with Crippen molar-refractivity contribution >= 4 is 32.5 Å². The maximum absolute atomic E-state index is 13.0. The molecule has 9 heteroatoms. The summed E-state index contributed by atoms with van der Waals surface area (Å²) in [6, 6.07) is 9.04. The van der Waals surface area contributed by atoms with Crippen LogP contribution in [0.3, 0.4) is 0 Å². The van der Waals surface area contributed by atoms with Crippen molar-refractivity contribution in [1.29, 1.82) is 0 Å². The highest BCUT2D eigenvalue weighted by Crippen LogP contribution is 2.50. The number of sulfone groups is 1. The third-order valence-electron chi connectivity index (χ3n) is 5.19. The highest BCUT2D eigenvalue weighted by Gasteiger charge is 2.44. The van der Waals surface area contributed by atoms with Crippen LogP contribution >= 0.6 is 11.6 Å². The van der Waals surface area contributed by atoms with E-state index in [1.165, 1.54) is 18.2 Å². The molecule has 0 saturated heterocycles. The molecule has 27 heavy (non-hydrogen) atoms. The van der Waals surface area contributed by atoms with Gasteiger partial charge < -0.3 is 9.30 Å². The molecule has 0 spiro atoms. The summed E-state index contributed by atoms with van der Waals surface area (Å²) in [7, 11) is -3.66. The molecule has 0 N–H and O–H groups in total. The van der Waals surface area contributed by atoms with Crippen molar-refractivity contribution in [2.24, 2.45) is 0 Å². The van der Waals surface area contributed by atoms with Gasteiger partial charge in [0, 0.05) is 16.5 Å². The zero-order valence-corrected chi connectivity index (χ0v) is 15.3. The van der Waals surface area contributed by atoms with Gasteiger partial charge in [0.25, 0.3) is 0 Å². The molecule has 1 aromatic heterocycles. The Hall–Kier alpha value is -2.19. The predicted molar refractivity (Wildman–Crippen MR) is 95.4 cm³/mol. The van der Waals surface area contributed by atoms with Crippen LogP contribution in [0.4, 0.5) is 8.78 Å². The van der Waals surface area contributed by atoms with Crippen molar-refractivity contribution in [2.75, 3.05) is 5.75 Å². The minimum absolute atomic E-state index is 0.0441. The summed E-state index contributed by atoms with van der Waals surface area (Å²) in [6.07, 6.45) is 0.459. The number of aromatic nitrogens is 2. The molecule has 0 aliphatic carbocycles. The van der Waals surface area contributed by atoms with Crippen LogP contribution in [0.2, 0.25) is 5.02 Å². The lowest BCUT2D eigenvalue weighted by molar-refractivity contribution is -0.0508. The van der Waals surface area contributed by atoms with Gasteiger partial charge in [-0.15, -0.1) is 0 Å². The molecule has 0 fully saturated rings. The molecule has 0 amide bonds. The van der Waals surface area contributed by atoms with Crippen LogP contribution in [-0.4, -0.2) is 30.3 Å². The molecule has 0 unspecified atom stereocenters. The number of benzene rings is 2. The van der Waals surface area contributed by atoms with Crippen molar-refractivity contribution in [1.82, 2.24) is 9.55 Å². The number of halogens is 3. The molecule has 2 bridgehead atoms. The Morgan fingerprint density at radius 1 is 1.26 bits per heavy atom. The van der Waals surface area contributed by atoms with E-state index in [0.717, 1.165) is 5.52 Å². The van der Waals surface area contributed by atoms with Gasteiger partial charge in [0.1, 0.15) is 11.6 Å². The Kier molecular flexibility index (Phi) is 3.55. The zero-order valence-electron chi connectivity index (χ0n) is 13.8. The molecule has 2 aromatic carbocycles. The van der Waals surface area contributed by atoms with Gasteiger partial charge in [0.05, 0.1) is 27.7 Å². The monoisotopic (exact) mass is 410 g/mol. The fourth-order valence-corrected chi connectivity index (χ4v) is 6.27. The average molecular weight is 411 g/mol. The predicted octanol–water partition coefficient (Wildman–Crippen LogP) is 4.16. The molecule has 2 aliphatic rings. The minimum Gasteiger partial charge on any atom is -0.434 e. The number of imidazole rings is 1. The van der Waals surface area contributed by atoms with E-state index in [9.17, 15) is 17.2 Å². The Morgan fingerprint density at radius 2 is 2.07 bits per heavy atom. The van der Waals surface area contributed by atoms with E-state index in [2.05, 4.69) is 9.72 Å². The summed E-state index contributed by atoms with van der Waals surface area (Å²) in [4.78, 5) is 4.64. The smallest absolute Gasteiger partial charge is 0.387 e. The van der Waals surface area contributed by atoms with Gasteiger partial charge >= 0.3 is 6.61 Å². The quantitative estimate of drug-likeness (QED) is 0.636. The van der Waals surface area contributed by atoms with E-state index in [1.54, 1.807) is 18.2 Å². The van der Waals surface area contributed by atoms with Gasteiger partial charge in [-0.2, -0.15) is 8.78 Å². The number of alkyl halides is 2. The molecule has 5 rings (SSSR count). The minimum atomic E-state index is -3.66. The third kappa shape index (κ3) is 2.46. The first-order valence-electron chi connectivity index (χ1n) is 8.33. The van der Waals surface area contributed by atoms with E-state index in [0.29, 0.717) is 22.8 Å². The normalized spacial score (nSPS) is 22.5. The maximum Gasteiger partial charge on any atom is 0.387 e. The number of fused-ring (bicyclic) bond motifs is 9. The van der Waals surface area contributed by atoms with E-state index >= 15 is 0 Å². The van der Waals surface area contributed by atoms with E-state index in [4.69, 9.17) is 11.6 Å². The second-order valence-electron chi connectivity index (χ2n) is 6.75. The summed E-state index contributed by atoms with van der Waals surface area (Å²) in [6.45, 7) is -3.05. The van der Waals surface area contributed by atoms with Crippen LogP contribution in [0.15, 0.2) is 41.3 Å². The van der Waals surface area contributed by atoms with Gasteiger partial charge in [-0.1, -0.05) is 17.7 Å². The van der Waals surface area contributed by atoms with Gasteiger partial charge in [0.15, 0.2) is 9.84 Å². The molecular weight excluding hydrogens is 398 g/mol. The average Bonchev–Trinajstić information content (AvgIpc) is 3.08. The molecule has 0 saturated carbocycles. The van der Waals surface area contributed by atoms with Crippen molar-refractivity contribution in [3.05, 3.63) is 52.8 Å². The summed E-state index contributed by atoms with van der Waals surface area (Å²) < 4.78 is 58.3. The van der Waals surface area contributed by atoms with E-state index in [1.807, 2.05) is 4.57 Å². The van der Waals surface area contributed by atoms with Crippen LogP contribution in [0.1, 0.15) is 29.8 Å². The molecule has 2 aliphatic heterocycles. The van der Waals surface area contributed by atoms with Crippen LogP contribution in [0, 0.1) is 0 Å². The number of ether oxygens (including phenoxy) is 1. The first kappa shape index (κ1) is 16.9. The van der Waals surface area contributed by atoms with Crippen LogP contribution in [0.5, 0.6) is 5.75 Å². The fraction of sp³-hybridized carbons (Fsp3) is 0.278. The largest absolute Gasteiger partial charge is 0.434 e. The second-order valence-corrected chi connectivity index (χ2v) is 9.19. The summed E-state index contributed by atoms with van der Waals surface area (Å²) in [5.41, 5.74) is 1.71. The zero-order chi connectivity index (χ0) is 18.9. The van der Waals surface area contributed by atoms with Gasteiger partial charge in [-0.05, 0) is 36.8 Å². The Morgan fingerprint density at radius 3 is 2.85 bits per heavy atom. The Balaban J connectivity index is 1.83. The highest BCUT2D eigenvalue weighted by atomic mass is 35.5.